The maximum Gasteiger partial charge on any atom is 0.134 e. The maximum absolute atomic E-state index is 4.21. The Labute approximate surface area is 105 Å². The van der Waals surface area contributed by atoms with Crippen LogP contribution in [0, 0.1) is 0 Å². The van der Waals surface area contributed by atoms with Crippen LogP contribution in [-0.2, 0) is 0 Å². The molecule has 0 amide bonds. The molecule has 0 saturated heterocycles. The van der Waals surface area contributed by atoms with Crippen molar-refractivity contribution in [2.24, 2.45) is 0 Å². The van der Waals surface area contributed by atoms with Gasteiger partial charge in [0.2, 0.25) is 0 Å². The summed E-state index contributed by atoms with van der Waals surface area (Å²) in [5, 5.41) is 0. The first-order chi connectivity index (χ1) is 6.07. The Morgan fingerprint density at radius 1 is 1.07 bits per heavy atom. The van der Waals surface area contributed by atoms with Crippen LogP contribution in [0.1, 0.15) is 0 Å². The van der Waals surface area contributed by atoms with E-state index in [0.29, 0.717) is 0 Å². The number of aromatic nitrogens is 2. The third-order valence-corrected chi connectivity index (χ3v) is 2.57. The van der Waals surface area contributed by atoms with Crippen LogP contribution in [0.3, 0.4) is 0 Å². The lowest BCUT2D eigenvalue weighted by molar-refractivity contribution is -0.00000303. The van der Waals surface area contributed by atoms with Crippen molar-refractivity contribution >= 4 is 28.4 Å². The van der Waals surface area contributed by atoms with E-state index in [1.807, 2.05) is 6.07 Å². The van der Waals surface area contributed by atoms with Crippen molar-refractivity contribution in [1.82, 2.24) is 13.2 Å². The van der Waals surface area contributed by atoms with E-state index in [2.05, 4.69) is 42.0 Å². The third kappa shape index (κ3) is 2.21. The smallest absolute Gasteiger partial charge is 0.134 e. The van der Waals surface area contributed by atoms with Gasteiger partial charge in [-0.2, -0.15) is 8.75 Å². The first kappa shape index (κ1) is 11.8. The minimum atomic E-state index is 0. The molecule has 3 nitrogen and oxygen atoms in total. The predicted octanol–water partition coefficient (Wildman–Crippen LogP) is -1.11. The topological polar surface area (TPSA) is 25.8 Å². The second-order valence-corrected chi connectivity index (χ2v) is 4.48. The van der Waals surface area contributed by atoms with E-state index in [4.69, 9.17) is 0 Å². The lowest BCUT2D eigenvalue weighted by Gasteiger charge is -2.22. The lowest BCUT2D eigenvalue weighted by Crippen LogP contribution is -3.00. The van der Waals surface area contributed by atoms with Gasteiger partial charge in [0.1, 0.15) is 16.7 Å². The number of nitrogens with zero attached hydrogens (tertiary/aromatic N) is 3. The molecule has 14 heavy (non-hydrogen) atoms. The summed E-state index contributed by atoms with van der Waals surface area (Å²) < 4.78 is 9.19. The number of hydrogen-bond acceptors (Lipinski definition) is 3. The predicted molar refractivity (Wildman–Crippen MR) is 57.0 cm³/mol. The molecule has 0 saturated carbocycles. The van der Waals surface area contributed by atoms with Gasteiger partial charge in [0.15, 0.2) is 0 Å². The third-order valence-electron chi connectivity index (χ3n) is 2.01. The van der Waals surface area contributed by atoms with E-state index >= 15 is 0 Å². The molecule has 0 aliphatic heterocycles. The second-order valence-electron chi connectivity index (χ2n) is 3.95. The van der Waals surface area contributed by atoms with Gasteiger partial charge in [0.05, 0.1) is 32.9 Å². The molecule has 0 spiro atoms. The van der Waals surface area contributed by atoms with E-state index in [9.17, 15) is 0 Å². The summed E-state index contributed by atoms with van der Waals surface area (Å²) in [6.07, 6.45) is 0. The van der Waals surface area contributed by atoms with E-state index in [-0.39, 0.29) is 24.0 Å². The highest BCUT2D eigenvalue weighted by Gasteiger charge is 2.13. The average molecular weight is 321 g/mol. The van der Waals surface area contributed by atoms with Crippen molar-refractivity contribution < 1.29 is 24.0 Å². The van der Waals surface area contributed by atoms with Crippen molar-refractivity contribution in [3.63, 3.8) is 0 Å². The fourth-order valence-electron chi connectivity index (χ4n) is 1.19. The highest BCUT2D eigenvalue weighted by atomic mass is 127. The van der Waals surface area contributed by atoms with Gasteiger partial charge >= 0.3 is 0 Å². The summed E-state index contributed by atoms with van der Waals surface area (Å²) in [5.74, 6) is 0. The Kier molecular flexibility index (Phi) is 3.44. The first-order valence-corrected chi connectivity index (χ1v) is 4.85. The summed E-state index contributed by atoms with van der Waals surface area (Å²) in [5.41, 5.74) is 3.23. The first-order valence-electron chi connectivity index (χ1n) is 4.12. The zero-order valence-corrected chi connectivity index (χ0v) is 11.3. The largest absolute Gasteiger partial charge is 1.00 e. The molecule has 2 aromatic rings. The summed E-state index contributed by atoms with van der Waals surface area (Å²) in [7, 11) is 6.42. The van der Waals surface area contributed by atoms with Crippen LogP contribution >= 0.6 is 11.7 Å². The number of quaternary nitrogens is 1. The molecule has 0 N–H and O–H groups in total. The molecule has 0 radical (unpaired) electrons. The molecule has 0 atom stereocenters. The molecule has 2 rings (SSSR count). The zero-order valence-electron chi connectivity index (χ0n) is 8.36. The highest BCUT2D eigenvalue weighted by molar-refractivity contribution is 7.00. The van der Waals surface area contributed by atoms with Crippen LogP contribution in [-0.4, -0.2) is 29.9 Å². The van der Waals surface area contributed by atoms with Gasteiger partial charge in [-0.3, -0.25) is 4.48 Å². The monoisotopic (exact) mass is 321 g/mol. The molecule has 0 aliphatic rings. The Hall–Kier alpha value is -0.270. The van der Waals surface area contributed by atoms with E-state index < -0.39 is 0 Å². The molecule has 1 aromatic heterocycles. The summed E-state index contributed by atoms with van der Waals surface area (Å²) in [4.78, 5) is 0. The molecule has 0 bridgehead atoms. The zero-order chi connectivity index (χ0) is 9.47. The van der Waals surface area contributed by atoms with Crippen LogP contribution < -0.4 is 28.5 Å². The van der Waals surface area contributed by atoms with Crippen LogP contribution in [0.25, 0.3) is 11.0 Å². The van der Waals surface area contributed by atoms with Crippen LogP contribution in [0.2, 0.25) is 0 Å². The molecule has 1 aromatic carbocycles. The van der Waals surface area contributed by atoms with Gasteiger partial charge in [0, 0.05) is 12.1 Å². The molecule has 0 fully saturated rings. The Morgan fingerprint density at radius 3 is 2.36 bits per heavy atom. The summed E-state index contributed by atoms with van der Waals surface area (Å²) in [6, 6.07) is 6.22. The number of benzene rings is 1. The number of hydrogen-bond donors (Lipinski definition) is 0. The van der Waals surface area contributed by atoms with Crippen LogP contribution in [0.4, 0.5) is 5.69 Å². The van der Waals surface area contributed by atoms with Crippen molar-refractivity contribution in [3.8, 4) is 0 Å². The second kappa shape index (κ2) is 4.08. The molecule has 1 heterocycles. The Morgan fingerprint density at radius 2 is 1.71 bits per heavy atom. The number of fused-ring (bicyclic) bond motifs is 1. The van der Waals surface area contributed by atoms with Crippen molar-refractivity contribution in [3.05, 3.63) is 18.2 Å². The summed E-state index contributed by atoms with van der Waals surface area (Å²) >= 11 is 1.27. The number of halogens is 1. The van der Waals surface area contributed by atoms with Crippen molar-refractivity contribution in [2.45, 2.75) is 0 Å². The fraction of sp³-hybridized carbons (Fsp3) is 0.333. The standard InChI is InChI=1S/C9H12N3S.HI/c1-12(2,3)7-4-5-8-9(6-7)11-13-10-8;/h4-6H,1-3H3;1H/q+1;/p-1. The van der Waals surface area contributed by atoms with E-state index in [1.165, 1.54) is 17.4 Å². The Balaban J connectivity index is 0.000000980. The molecule has 5 heteroatoms. The van der Waals surface area contributed by atoms with Gasteiger partial charge in [-0.05, 0) is 6.07 Å². The van der Waals surface area contributed by atoms with Gasteiger partial charge in [0.25, 0.3) is 0 Å². The fourth-order valence-corrected chi connectivity index (χ4v) is 1.71. The normalized spacial score (nSPS) is 11.4. The van der Waals surface area contributed by atoms with Gasteiger partial charge in [-0.15, -0.1) is 0 Å². The minimum absolute atomic E-state index is 0. The molecule has 0 unspecified atom stereocenters. The quantitative estimate of drug-likeness (QED) is 0.492. The summed E-state index contributed by atoms with van der Waals surface area (Å²) in [6.45, 7) is 0. The highest BCUT2D eigenvalue weighted by Crippen LogP contribution is 2.21. The van der Waals surface area contributed by atoms with Gasteiger partial charge < -0.3 is 24.0 Å². The minimum Gasteiger partial charge on any atom is -1.00 e. The molecule has 0 aliphatic carbocycles. The Bertz CT molecular complexity index is 433. The maximum atomic E-state index is 4.21. The van der Waals surface area contributed by atoms with E-state index in [0.717, 1.165) is 15.5 Å². The van der Waals surface area contributed by atoms with E-state index in [1.54, 1.807) is 0 Å². The van der Waals surface area contributed by atoms with Gasteiger partial charge in [-0.25, -0.2) is 0 Å². The SMILES string of the molecule is C[N+](C)(C)c1ccc2nsnc2c1.[I-]. The van der Waals surface area contributed by atoms with Gasteiger partial charge in [-0.1, -0.05) is 0 Å². The number of rotatable bonds is 1. The van der Waals surface area contributed by atoms with Crippen LogP contribution in [0.15, 0.2) is 18.2 Å². The van der Waals surface area contributed by atoms with Crippen LogP contribution in [0.5, 0.6) is 0 Å². The molecule has 76 valence electrons. The molecular weight excluding hydrogens is 309 g/mol. The van der Waals surface area contributed by atoms with Crippen molar-refractivity contribution in [2.75, 3.05) is 21.1 Å². The molecular formula is C9H12IN3S. The lowest BCUT2D eigenvalue weighted by atomic mass is 10.2. The average Bonchev–Trinajstić information content (AvgIpc) is 2.47. The van der Waals surface area contributed by atoms with Crippen molar-refractivity contribution in [1.29, 1.82) is 0 Å².